The van der Waals surface area contributed by atoms with Crippen LogP contribution >= 0.6 is 11.6 Å². The Kier molecular flexibility index (Phi) is 5.24. The van der Waals surface area contributed by atoms with E-state index in [1.807, 2.05) is 30.3 Å². The van der Waals surface area contributed by atoms with Crippen molar-refractivity contribution in [1.82, 2.24) is 4.90 Å². The van der Waals surface area contributed by atoms with Gasteiger partial charge in [-0.1, -0.05) is 41.9 Å². The number of methoxy groups -OCH3 is 1. The van der Waals surface area contributed by atoms with E-state index in [-0.39, 0.29) is 24.2 Å². The molecule has 1 fully saturated rings. The fraction of sp³-hybridized carbons (Fsp3) is 0.263. The maximum atomic E-state index is 12.5. The summed E-state index contributed by atoms with van der Waals surface area (Å²) in [6.45, 7) is 0.923. The van der Waals surface area contributed by atoms with Gasteiger partial charge in [0.25, 0.3) is 0 Å². The first-order valence-corrected chi connectivity index (χ1v) is 8.40. The molecule has 6 heteroatoms. The summed E-state index contributed by atoms with van der Waals surface area (Å²) in [5.41, 5.74) is 1.56. The summed E-state index contributed by atoms with van der Waals surface area (Å²) in [4.78, 5) is 26.5. The van der Waals surface area contributed by atoms with E-state index in [2.05, 4.69) is 5.32 Å². The third kappa shape index (κ3) is 4.12. The molecule has 0 bridgehead atoms. The lowest BCUT2D eigenvalue weighted by Gasteiger charge is -2.17. The number of rotatable bonds is 5. The molecular weight excluding hydrogens is 340 g/mol. The van der Waals surface area contributed by atoms with Gasteiger partial charge in [-0.15, -0.1) is 0 Å². The van der Waals surface area contributed by atoms with Crippen molar-refractivity contribution in [3.63, 3.8) is 0 Å². The van der Waals surface area contributed by atoms with Gasteiger partial charge in [0.05, 0.1) is 18.7 Å². The van der Waals surface area contributed by atoms with Crippen molar-refractivity contribution in [2.45, 2.75) is 13.0 Å². The third-order valence-electron chi connectivity index (χ3n) is 4.22. The molecule has 0 saturated carbocycles. The second-order valence-corrected chi connectivity index (χ2v) is 6.43. The zero-order chi connectivity index (χ0) is 17.8. The van der Waals surface area contributed by atoms with Crippen LogP contribution in [-0.4, -0.2) is 30.4 Å². The van der Waals surface area contributed by atoms with Gasteiger partial charge < -0.3 is 15.0 Å². The number of amides is 2. The molecule has 2 amide bonds. The maximum Gasteiger partial charge on any atom is 0.229 e. The zero-order valence-corrected chi connectivity index (χ0v) is 14.6. The second kappa shape index (κ2) is 7.57. The van der Waals surface area contributed by atoms with Gasteiger partial charge >= 0.3 is 0 Å². The van der Waals surface area contributed by atoms with Gasteiger partial charge in [0.2, 0.25) is 11.8 Å². The van der Waals surface area contributed by atoms with Crippen LogP contribution in [0.15, 0.2) is 48.5 Å². The summed E-state index contributed by atoms with van der Waals surface area (Å²) in [6.07, 6.45) is 0.210. The molecule has 25 heavy (non-hydrogen) atoms. The number of carbonyl (C=O) groups is 2. The monoisotopic (exact) mass is 358 g/mol. The minimum Gasteiger partial charge on any atom is -0.495 e. The molecule has 3 rings (SSSR count). The van der Waals surface area contributed by atoms with Gasteiger partial charge in [0.1, 0.15) is 5.75 Å². The Bertz CT molecular complexity index is 779. The van der Waals surface area contributed by atoms with Crippen LogP contribution in [0.25, 0.3) is 0 Å². The van der Waals surface area contributed by atoms with Crippen molar-refractivity contribution < 1.29 is 14.3 Å². The number of likely N-dealkylation sites (tertiary alicyclic amines) is 1. The molecule has 0 spiro atoms. The normalized spacial score (nSPS) is 16.8. The first-order chi connectivity index (χ1) is 12.1. The molecule has 1 aliphatic heterocycles. The van der Waals surface area contributed by atoms with E-state index in [4.69, 9.17) is 16.3 Å². The first kappa shape index (κ1) is 17.3. The maximum absolute atomic E-state index is 12.5. The topological polar surface area (TPSA) is 58.6 Å². The van der Waals surface area contributed by atoms with Gasteiger partial charge in [-0.2, -0.15) is 0 Å². The average Bonchev–Trinajstić information content (AvgIpc) is 2.97. The molecule has 1 atom stereocenters. The number of nitrogens with one attached hydrogen (secondary N) is 1. The highest BCUT2D eigenvalue weighted by molar-refractivity contribution is 6.31. The predicted octanol–water partition coefficient (Wildman–Crippen LogP) is 3.34. The van der Waals surface area contributed by atoms with Crippen LogP contribution in [-0.2, 0) is 16.1 Å². The van der Waals surface area contributed by atoms with Crippen molar-refractivity contribution in [3.8, 4) is 5.75 Å². The smallest absolute Gasteiger partial charge is 0.229 e. The van der Waals surface area contributed by atoms with Crippen molar-refractivity contribution in [1.29, 1.82) is 0 Å². The largest absolute Gasteiger partial charge is 0.495 e. The molecule has 1 aliphatic rings. The Morgan fingerprint density at radius 3 is 2.76 bits per heavy atom. The summed E-state index contributed by atoms with van der Waals surface area (Å²) in [6, 6.07) is 14.8. The quantitative estimate of drug-likeness (QED) is 0.891. The van der Waals surface area contributed by atoms with Crippen LogP contribution in [0.3, 0.4) is 0 Å². The van der Waals surface area contributed by atoms with Gasteiger partial charge in [0.15, 0.2) is 0 Å². The van der Waals surface area contributed by atoms with Gasteiger partial charge in [0, 0.05) is 24.5 Å². The number of carbonyl (C=O) groups excluding carboxylic acids is 2. The molecule has 2 aromatic rings. The van der Waals surface area contributed by atoms with Crippen LogP contribution in [0.2, 0.25) is 5.02 Å². The predicted molar refractivity (Wildman–Crippen MR) is 96.6 cm³/mol. The fourth-order valence-corrected chi connectivity index (χ4v) is 3.09. The van der Waals surface area contributed by atoms with Crippen LogP contribution in [0.4, 0.5) is 5.69 Å². The number of ether oxygens (including phenoxy) is 1. The third-order valence-corrected chi connectivity index (χ3v) is 4.46. The van der Waals surface area contributed by atoms with E-state index in [9.17, 15) is 9.59 Å². The van der Waals surface area contributed by atoms with Crippen LogP contribution in [0.5, 0.6) is 5.75 Å². The molecule has 1 N–H and O–H groups in total. The number of anilines is 1. The van der Waals surface area contributed by atoms with Crippen LogP contribution in [0.1, 0.15) is 12.0 Å². The Morgan fingerprint density at radius 2 is 2.04 bits per heavy atom. The number of nitrogens with zero attached hydrogens (tertiary/aromatic N) is 1. The lowest BCUT2D eigenvalue weighted by atomic mass is 10.1. The highest BCUT2D eigenvalue weighted by Crippen LogP contribution is 2.29. The lowest BCUT2D eigenvalue weighted by molar-refractivity contribution is -0.128. The Hall–Kier alpha value is -2.53. The number of benzene rings is 2. The SMILES string of the molecule is COc1ccc(Cl)cc1NC(=O)[C@@H]1CC(=O)N(Cc2ccccc2)C1. The molecule has 0 aromatic heterocycles. The molecule has 0 unspecified atom stereocenters. The van der Waals surface area contributed by atoms with Crippen molar-refractivity contribution in [2.24, 2.45) is 5.92 Å². The average molecular weight is 359 g/mol. The van der Waals surface area contributed by atoms with E-state index < -0.39 is 0 Å². The molecule has 5 nitrogen and oxygen atoms in total. The van der Waals surface area contributed by atoms with Crippen molar-refractivity contribution in [3.05, 3.63) is 59.1 Å². The second-order valence-electron chi connectivity index (χ2n) is 5.99. The molecule has 0 radical (unpaired) electrons. The minimum absolute atomic E-state index is 0.0120. The Labute approximate surface area is 151 Å². The van der Waals surface area contributed by atoms with Crippen molar-refractivity contribution >= 4 is 29.1 Å². The number of hydrogen-bond donors (Lipinski definition) is 1. The standard InChI is InChI=1S/C19H19ClN2O3/c1-25-17-8-7-15(20)10-16(17)21-19(24)14-9-18(23)22(12-14)11-13-5-3-2-4-6-13/h2-8,10,14H,9,11-12H2,1H3,(H,21,24)/t14-/m1/s1. The van der Waals surface area contributed by atoms with Gasteiger partial charge in [-0.05, 0) is 23.8 Å². The highest BCUT2D eigenvalue weighted by Gasteiger charge is 2.34. The van der Waals surface area contributed by atoms with E-state index in [0.717, 1.165) is 5.56 Å². The molecule has 1 saturated heterocycles. The molecule has 0 aliphatic carbocycles. The molecule has 1 heterocycles. The van der Waals surface area contributed by atoms with Crippen LogP contribution < -0.4 is 10.1 Å². The van der Waals surface area contributed by atoms with E-state index >= 15 is 0 Å². The highest BCUT2D eigenvalue weighted by atomic mass is 35.5. The Morgan fingerprint density at radius 1 is 1.28 bits per heavy atom. The van der Waals surface area contributed by atoms with Crippen LogP contribution in [0, 0.1) is 5.92 Å². The summed E-state index contributed by atoms with van der Waals surface area (Å²) in [5, 5.41) is 3.33. The fourth-order valence-electron chi connectivity index (χ4n) is 2.92. The van der Waals surface area contributed by atoms with Gasteiger partial charge in [-0.3, -0.25) is 9.59 Å². The zero-order valence-electron chi connectivity index (χ0n) is 13.9. The Balaban J connectivity index is 1.66. The van der Waals surface area contributed by atoms with E-state index in [0.29, 0.717) is 29.5 Å². The number of halogens is 1. The van der Waals surface area contributed by atoms with Crippen molar-refractivity contribution in [2.75, 3.05) is 19.0 Å². The summed E-state index contributed by atoms with van der Waals surface area (Å²) < 4.78 is 5.23. The van der Waals surface area contributed by atoms with Gasteiger partial charge in [-0.25, -0.2) is 0 Å². The lowest BCUT2D eigenvalue weighted by Crippen LogP contribution is -2.28. The van der Waals surface area contributed by atoms with E-state index in [1.54, 1.807) is 23.1 Å². The first-order valence-electron chi connectivity index (χ1n) is 8.03. The molecule has 130 valence electrons. The molecule has 2 aromatic carbocycles. The van der Waals surface area contributed by atoms with E-state index in [1.165, 1.54) is 7.11 Å². The summed E-state index contributed by atoms with van der Waals surface area (Å²) >= 11 is 5.98. The minimum atomic E-state index is -0.389. The summed E-state index contributed by atoms with van der Waals surface area (Å²) in [7, 11) is 1.53. The molecular formula is C19H19ClN2O3. The summed E-state index contributed by atoms with van der Waals surface area (Å²) in [5.74, 6) is -0.0744. The number of hydrogen-bond acceptors (Lipinski definition) is 3.